The van der Waals surface area contributed by atoms with Crippen molar-refractivity contribution in [2.24, 2.45) is 5.73 Å². The average molecular weight is 301 g/mol. The van der Waals surface area contributed by atoms with E-state index in [-0.39, 0.29) is 0 Å². The van der Waals surface area contributed by atoms with Crippen LogP contribution in [0.4, 0.5) is 4.79 Å². The molecule has 0 saturated carbocycles. The number of nitrogens with two attached hydrogens (primary N) is 1. The van der Waals surface area contributed by atoms with E-state index in [4.69, 9.17) is 5.73 Å². The Morgan fingerprint density at radius 1 is 1.52 bits per heavy atom. The molecule has 0 saturated heterocycles. The third kappa shape index (κ3) is 4.31. The Hall–Kier alpha value is -2.36. The molecule has 0 aliphatic carbocycles. The standard InChI is InChI=1S/C15H15N3O2S/c1-11(18(20)15(16)19)4-5-13-6-7-14(21-13)9-12-3-2-8-17-10-12/h2-3,6-8,10-11,20H,9H2,1H3,(H2,16,19)/t11-/m1/s1. The lowest BCUT2D eigenvalue weighted by Gasteiger charge is -2.14. The lowest BCUT2D eigenvalue weighted by Crippen LogP contribution is -2.38. The second kappa shape index (κ2) is 6.88. The summed E-state index contributed by atoms with van der Waals surface area (Å²) in [5.41, 5.74) is 6.10. The molecule has 0 spiro atoms. The summed E-state index contributed by atoms with van der Waals surface area (Å²) in [5.74, 6) is 5.71. The van der Waals surface area contributed by atoms with Gasteiger partial charge in [-0.2, -0.15) is 5.06 Å². The number of primary amides is 1. The summed E-state index contributed by atoms with van der Waals surface area (Å²) in [6.07, 6.45) is 4.39. The van der Waals surface area contributed by atoms with Crippen molar-refractivity contribution >= 4 is 17.4 Å². The molecule has 2 heterocycles. The molecule has 1 atom stereocenters. The van der Waals surface area contributed by atoms with Crippen LogP contribution in [0.1, 0.15) is 22.2 Å². The van der Waals surface area contributed by atoms with Gasteiger partial charge in [0.15, 0.2) is 0 Å². The molecule has 2 amide bonds. The van der Waals surface area contributed by atoms with Crippen LogP contribution in [0.3, 0.4) is 0 Å². The number of nitrogens with zero attached hydrogens (tertiary/aromatic N) is 2. The van der Waals surface area contributed by atoms with Gasteiger partial charge in [0.05, 0.1) is 4.88 Å². The fourth-order valence-corrected chi connectivity index (χ4v) is 2.57. The summed E-state index contributed by atoms with van der Waals surface area (Å²) < 4.78 is 0. The number of pyridine rings is 1. The Morgan fingerprint density at radius 2 is 2.33 bits per heavy atom. The van der Waals surface area contributed by atoms with Gasteiger partial charge in [-0.3, -0.25) is 10.2 Å². The lowest BCUT2D eigenvalue weighted by molar-refractivity contribution is -0.0536. The third-order valence-electron chi connectivity index (χ3n) is 2.76. The molecule has 0 unspecified atom stereocenters. The third-order valence-corrected chi connectivity index (χ3v) is 3.76. The zero-order valence-corrected chi connectivity index (χ0v) is 12.3. The zero-order chi connectivity index (χ0) is 15.2. The van der Waals surface area contributed by atoms with Gasteiger partial charge in [-0.05, 0) is 30.7 Å². The number of carbonyl (C=O) groups excluding carboxylic acids is 1. The number of thiophene rings is 1. The average Bonchev–Trinajstić information content (AvgIpc) is 2.92. The number of urea groups is 1. The van der Waals surface area contributed by atoms with Crippen molar-refractivity contribution < 1.29 is 10.0 Å². The molecule has 0 aromatic carbocycles. The number of amides is 2. The van der Waals surface area contributed by atoms with Gasteiger partial charge in [0.25, 0.3) is 0 Å². The minimum absolute atomic E-state index is 0.414. The minimum Gasteiger partial charge on any atom is -0.350 e. The van der Waals surface area contributed by atoms with Crippen LogP contribution in [0.2, 0.25) is 0 Å². The highest BCUT2D eigenvalue weighted by molar-refractivity contribution is 7.12. The maximum atomic E-state index is 10.8. The summed E-state index contributed by atoms with van der Waals surface area (Å²) in [4.78, 5) is 16.9. The predicted octanol–water partition coefficient (Wildman–Crippen LogP) is 2.24. The summed E-state index contributed by atoms with van der Waals surface area (Å²) >= 11 is 1.57. The van der Waals surface area contributed by atoms with Gasteiger partial charge in [0, 0.05) is 23.7 Å². The first-order valence-electron chi connectivity index (χ1n) is 6.33. The number of carbonyl (C=O) groups is 1. The topological polar surface area (TPSA) is 79.4 Å². The quantitative estimate of drug-likeness (QED) is 0.518. The Bertz CT molecular complexity index is 673. The molecular formula is C15H15N3O2S. The monoisotopic (exact) mass is 301 g/mol. The van der Waals surface area contributed by atoms with Crippen molar-refractivity contribution in [3.63, 3.8) is 0 Å². The maximum Gasteiger partial charge on any atom is 0.339 e. The summed E-state index contributed by atoms with van der Waals surface area (Å²) in [7, 11) is 0. The van der Waals surface area contributed by atoms with Crippen LogP contribution in [0, 0.1) is 11.8 Å². The lowest BCUT2D eigenvalue weighted by atomic mass is 10.2. The molecule has 2 aromatic heterocycles. The summed E-state index contributed by atoms with van der Waals surface area (Å²) in [6.45, 7) is 1.60. The van der Waals surface area contributed by atoms with E-state index in [1.165, 1.54) is 4.88 Å². The van der Waals surface area contributed by atoms with Crippen LogP contribution >= 0.6 is 11.3 Å². The van der Waals surface area contributed by atoms with Crippen molar-refractivity contribution in [1.29, 1.82) is 0 Å². The van der Waals surface area contributed by atoms with Crippen molar-refractivity contribution in [1.82, 2.24) is 10.0 Å². The smallest absolute Gasteiger partial charge is 0.339 e. The van der Waals surface area contributed by atoms with Gasteiger partial charge in [0.1, 0.15) is 6.04 Å². The van der Waals surface area contributed by atoms with Crippen molar-refractivity contribution in [2.75, 3.05) is 0 Å². The molecule has 21 heavy (non-hydrogen) atoms. The molecule has 6 heteroatoms. The van der Waals surface area contributed by atoms with E-state index in [9.17, 15) is 10.0 Å². The van der Waals surface area contributed by atoms with Crippen LogP contribution in [0.25, 0.3) is 0 Å². The number of hydrogen-bond acceptors (Lipinski definition) is 4. The van der Waals surface area contributed by atoms with Gasteiger partial charge < -0.3 is 5.73 Å². The van der Waals surface area contributed by atoms with E-state index in [0.717, 1.165) is 16.9 Å². The fourth-order valence-electron chi connectivity index (χ4n) is 1.67. The highest BCUT2D eigenvalue weighted by Gasteiger charge is 2.11. The molecule has 2 aromatic rings. The van der Waals surface area contributed by atoms with Crippen LogP contribution in [-0.4, -0.2) is 27.3 Å². The molecule has 0 radical (unpaired) electrons. The molecular weight excluding hydrogens is 286 g/mol. The van der Waals surface area contributed by atoms with Crippen molar-refractivity contribution in [2.45, 2.75) is 19.4 Å². The fraction of sp³-hybridized carbons (Fsp3) is 0.200. The largest absolute Gasteiger partial charge is 0.350 e. The summed E-state index contributed by atoms with van der Waals surface area (Å²) in [6, 6.07) is 6.30. The Morgan fingerprint density at radius 3 is 3.00 bits per heavy atom. The van der Waals surface area contributed by atoms with Gasteiger partial charge >= 0.3 is 6.03 Å². The van der Waals surface area contributed by atoms with E-state index >= 15 is 0 Å². The van der Waals surface area contributed by atoms with Crippen molar-refractivity contribution in [3.05, 3.63) is 52.0 Å². The second-order valence-electron chi connectivity index (χ2n) is 4.43. The highest BCUT2D eigenvalue weighted by Crippen LogP contribution is 2.18. The van der Waals surface area contributed by atoms with Gasteiger partial charge in [-0.15, -0.1) is 11.3 Å². The first-order valence-corrected chi connectivity index (χ1v) is 7.14. The highest BCUT2D eigenvalue weighted by atomic mass is 32.1. The zero-order valence-electron chi connectivity index (χ0n) is 11.5. The van der Waals surface area contributed by atoms with E-state index < -0.39 is 12.1 Å². The van der Waals surface area contributed by atoms with Crippen LogP contribution in [0.5, 0.6) is 0 Å². The SMILES string of the molecule is C[C@H](C#Cc1ccc(Cc2cccnc2)s1)N(O)C(N)=O. The molecule has 0 bridgehead atoms. The number of hydrogen-bond donors (Lipinski definition) is 2. The van der Waals surface area contributed by atoms with Crippen LogP contribution < -0.4 is 5.73 Å². The van der Waals surface area contributed by atoms with Crippen LogP contribution in [0.15, 0.2) is 36.7 Å². The molecule has 0 fully saturated rings. The van der Waals surface area contributed by atoms with Gasteiger partial charge in [-0.1, -0.05) is 17.9 Å². The van der Waals surface area contributed by atoms with Gasteiger partial charge in [0.2, 0.25) is 0 Å². The first kappa shape index (κ1) is 15.0. The van der Waals surface area contributed by atoms with E-state index in [1.54, 1.807) is 24.5 Å². The second-order valence-corrected chi connectivity index (χ2v) is 5.60. The Balaban J connectivity index is 2.02. The predicted molar refractivity (Wildman–Crippen MR) is 80.9 cm³/mol. The Labute approximate surface area is 127 Å². The van der Waals surface area contributed by atoms with Crippen LogP contribution in [-0.2, 0) is 6.42 Å². The maximum absolute atomic E-state index is 10.8. The van der Waals surface area contributed by atoms with E-state index in [0.29, 0.717) is 5.06 Å². The molecule has 5 nitrogen and oxygen atoms in total. The molecule has 2 rings (SSSR count). The number of aromatic nitrogens is 1. The number of rotatable bonds is 3. The number of hydroxylamine groups is 2. The van der Waals surface area contributed by atoms with E-state index in [2.05, 4.69) is 16.8 Å². The molecule has 0 aliphatic heterocycles. The van der Waals surface area contributed by atoms with E-state index in [1.807, 2.05) is 30.5 Å². The molecule has 108 valence electrons. The minimum atomic E-state index is -0.916. The first-order chi connectivity index (χ1) is 10.1. The van der Waals surface area contributed by atoms with Crippen molar-refractivity contribution in [3.8, 4) is 11.8 Å². The molecule has 0 aliphatic rings. The summed E-state index contributed by atoms with van der Waals surface area (Å²) in [5, 5.41) is 9.74. The normalized spacial score (nSPS) is 11.3. The molecule has 3 N–H and O–H groups in total. The Kier molecular flexibility index (Phi) is 4.93. The van der Waals surface area contributed by atoms with Gasteiger partial charge in [-0.25, -0.2) is 4.79 Å².